The first-order valence-electron chi connectivity index (χ1n) is 7.59. The third-order valence-corrected chi connectivity index (χ3v) is 5.51. The summed E-state index contributed by atoms with van der Waals surface area (Å²) < 4.78 is 5.19. The fourth-order valence-electron chi connectivity index (χ4n) is 3.03. The molecule has 4 rings (SSSR count). The lowest BCUT2D eigenvalue weighted by atomic mass is 10.2. The highest BCUT2D eigenvalue weighted by Crippen LogP contribution is 2.40. The third kappa shape index (κ3) is 2.75. The molecule has 118 valence electrons. The fraction of sp³-hybridized carbons (Fsp3) is 0.294. The summed E-state index contributed by atoms with van der Waals surface area (Å²) in [6.45, 7) is 0.692. The summed E-state index contributed by atoms with van der Waals surface area (Å²) in [5.74, 6) is 1.70. The van der Waals surface area contributed by atoms with Crippen LogP contribution in [0.1, 0.15) is 22.4 Å². The molecule has 0 saturated carbocycles. The molecule has 1 aromatic carbocycles. The first-order chi connectivity index (χ1) is 11.2. The smallest absolute Gasteiger partial charge is 0.225 e. The van der Waals surface area contributed by atoms with Crippen molar-refractivity contribution in [2.24, 2.45) is 0 Å². The Morgan fingerprint density at radius 2 is 2.04 bits per heavy atom. The molecule has 23 heavy (non-hydrogen) atoms. The van der Waals surface area contributed by atoms with E-state index in [1.54, 1.807) is 18.4 Å². The van der Waals surface area contributed by atoms with Crippen LogP contribution in [0.3, 0.4) is 0 Å². The standard InChI is InChI=1S/C17H16ClN3OS/c1-22-11-7-5-10(6-8-11)9-19-15-14-12-3-2-4-13(12)23-16(14)21-17(18)20-15/h5-8H,2-4,9H2,1H3,(H,19,20,21). The normalized spacial score (nSPS) is 13.3. The molecule has 0 fully saturated rings. The number of thiophene rings is 1. The topological polar surface area (TPSA) is 47.0 Å². The molecule has 0 saturated heterocycles. The molecule has 0 radical (unpaired) electrons. The third-order valence-electron chi connectivity index (χ3n) is 4.16. The van der Waals surface area contributed by atoms with Crippen molar-refractivity contribution in [2.45, 2.75) is 25.8 Å². The van der Waals surface area contributed by atoms with Gasteiger partial charge in [0.25, 0.3) is 0 Å². The van der Waals surface area contributed by atoms with Crippen molar-refractivity contribution in [3.63, 3.8) is 0 Å². The number of nitrogens with zero attached hydrogens (tertiary/aromatic N) is 2. The van der Waals surface area contributed by atoms with Crippen LogP contribution in [0.4, 0.5) is 5.82 Å². The summed E-state index contributed by atoms with van der Waals surface area (Å²) in [5.41, 5.74) is 2.57. The van der Waals surface area contributed by atoms with Crippen LogP contribution in [0.25, 0.3) is 10.2 Å². The first-order valence-corrected chi connectivity index (χ1v) is 8.78. The van der Waals surface area contributed by atoms with Gasteiger partial charge in [0.05, 0.1) is 12.5 Å². The van der Waals surface area contributed by atoms with Crippen LogP contribution in [0.5, 0.6) is 5.75 Å². The fourth-order valence-corrected chi connectivity index (χ4v) is 4.51. The van der Waals surface area contributed by atoms with Crippen LogP contribution in [-0.4, -0.2) is 17.1 Å². The number of benzene rings is 1. The molecule has 0 spiro atoms. The van der Waals surface area contributed by atoms with E-state index in [4.69, 9.17) is 16.3 Å². The second-order valence-electron chi connectivity index (χ2n) is 5.58. The molecule has 1 aliphatic carbocycles. The number of ether oxygens (including phenoxy) is 1. The highest BCUT2D eigenvalue weighted by Gasteiger charge is 2.22. The number of anilines is 1. The Morgan fingerprint density at radius 1 is 1.22 bits per heavy atom. The quantitative estimate of drug-likeness (QED) is 0.709. The Bertz CT molecular complexity index is 860. The van der Waals surface area contributed by atoms with Gasteiger partial charge in [-0.3, -0.25) is 0 Å². The minimum Gasteiger partial charge on any atom is -0.497 e. The van der Waals surface area contributed by atoms with E-state index in [9.17, 15) is 0 Å². The average molecular weight is 346 g/mol. The van der Waals surface area contributed by atoms with Gasteiger partial charge in [0.15, 0.2) is 0 Å². The molecule has 6 heteroatoms. The van der Waals surface area contributed by atoms with Gasteiger partial charge in [-0.25, -0.2) is 9.97 Å². The molecule has 3 aromatic rings. The van der Waals surface area contributed by atoms with E-state index in [1.807, 2.05) is 24.3 Å². The Labute approximate surface area is 143 Å². The summed E-state index contributed by atoms with van der Waals surface area (Å²) in [7, 11) is 1.67. The van der Waals surface area contributed by atoms with Crippen molar-refractivity contribution in [3.8, 4) is 5.75 Å². The van der Waals surface area contributed by atoms with Gasteiger partial charge < -0.3 is 10.1 Å². The molecule has 0 aliphatic heterocycles. The number of hydrogen-bond acceptors (Lipinski definition) is 5. The molecule has 0 bridgehead atoms. The Morgan fingerprint density at radius 3 is 2.83 bits per heavy atom. The zero-order valence-corrected chi connectivity index (χ0v) is 14.3. The highest BCUT2D eigenvalue weighted by molar-refractivity contribution is 7.19. The number of aryl methyl sites for hydroxylation is 2. The summed E-state index contributed by atoms with van der Waals surface area (Å²) >= 11 is 7.85. The lowest BCUT2D eigenvalue weighted by Gasteiger charge is -2.09. The maximum Gasteiger partial charge on any atom is 0.225 e. The van der Waals surface area contributed by atoms with Gasteiger partial charge in [-0.05, 0) is 54.1 Å². The zero-order chi connectivity index (χ0) is 15.8. The maximum atomic E-state index is 6.10. The molecule has 1 aliphatic rings. The predicted octanol–water partition coefficient (Wildman–Crippen LogP) is 4.45. The first kappa shape index (κ1) is 14.7. The van der Waals surface area contributed by atoms with E-state index in [0.29, 0.717) is 11.8 Å². The van der Waals surface area contributed by atoms with Crippen LogP contribution < -0.4 is 10.1 Å². The van der Waals surface area contributed by atoms with Crippen molar-refractivity contribution in [3.05, 3.63) is 45.6 Å². The molecular formula is C17H16ClN3OS. The lowest BCUT2D eigenvalue weighted by molar-refractivity contribution is 0.414. The average Bonchev–Trinajstić information content (AvgIpc) is 3.13. The van der Waals surface area contributed by atoms with Gasteiger partial charge in [0.1, 0.15) is 16.4 Å². The number of methoxy groups -OCH3 is 1. The summed E-state index contributed by atoms with van der Waals surface area (Å²) in [5, 5.41) is 4.88. The van der Waals surface area contributed by atoms with Gasteiger partial charge in [0, 0.05) is 11.4 Å². The summed E-state index contributed by atoms with van der Waals surface area (Å²) in [6.07, 6.45) is 3.47. The largest absolute Gasteiger partial charge is 0.497 e. The van der Waals surface area contributed by atoms with E-state index >= 15 is 0 Å². The van der Waals surface area contributed by atoms with Crippen molar-refractivity contribution >= 4 is 39.0 Å². The molecule has 0 atom stereocenters. The highest BCUT2D eigenvalue weighted by atomic mass is 35.5. The molecule has 1 N–H and O–H groups in total. The molecule has 0 amide bonds. The molecule has 4 nitrogen and oxygen atoms in total. The van der Waals surface area contributed by atoms with E-state index in [-0.39, 0.29) is 0 Å². The van der Waals surface area contributed by atoms with Crippen LogP contribution in [0.15, 0.2) is 24.3 Å². The number of fused-ring (bicyclic) bond motifs is 3. The van der Waals surface area contributed by atoms with E-state index in [0.717, 1.165) is 34.6 Å². The van der Waals surface area contributed by atoms with E-state index < -0.39 is 0 Å². The second kappa shape index (κ2) is 5.98. The monoisotopic (exact) mass is 345 g/mol. The van der Waals surface area contributed by atoms with Gasteiger partial charge >= 0.3 is 0 Å². The SMILES string of the molecule is COc1ccc(CNc2nc(Cl)nc3sc4c(c23)CCC4)cc1. The van der Waals surface area contributed by atoms with Crippen molar-refractivity contribution in [2.75, 3.05) is 12.4 Å². The van der Waals surface area contributed by atoms with Gasteiger partial charge in [-0.15, -0.1) is 11.3 Å². The Hall–Kier alpha value is -1.85. The number of aromatic nitrogens is 2. The second-order valence-corrected chi connectivity index (χ2v) is 7.00. The van der Waals surface area contributed by atoms with Crippen molar-refractivity contribution < 1.29 is 4.74 Å². The zero-order valence-electron chi connectivity index (χ0n) is 12.7. The summed E-state index contributed by atoms with van der Waals surface area (Å²) in [6, 6.07) is 8.01. The minimum absolute atomic E-state index is 0.301. The molecule has 2 heterocycles. The van der Waals surface area contributed by atoms with Crippen molar-refractivity contribution in [1.82, 2.24) is 9.97 Å². The lowest BCUT2D eigenvalue weighted by Crippen LogP contribution is -2.03. The summed E-state index contributed by atoms with van der Waals surface area (Å²) in [4.78, 5) is 11.2. The number of rotatable bonds is 4. The maximum absolute atomic E-state index is 6.10. The molecule has 0 unspecified atom stereocenters. The Kier molecular flexibility index (Phi) is 3.83. The Balaban J connectivity index is 1.65. The van der Waals surface area contributed by atoms with Crippen LogP contribution >= 0.6 is 22.9 Å². The van der Waals surface area contributed by atoms with Crippen LogP contribution in [0, 0.1) is 0 Å². The number of nitrogens with one attached hydrogen (secondary N) is 1. The van der Waals surface area contributed by atoms with Crippen LogP contribution in [0.2, 0.25) is 5.28 Å². The minimum atomic E-state index is 0.301. The van der Waals surface area contributed by atoms with Gasteiger partial charge in [0.2, 0.25) is 5.28 Å². The number of hydrogen-bond donors (Lipinski definition) is 1. The number of halogens is 1. The molecular weight excluding hydrogens is 330 g/mol. The van der Waals surface area contributed by atoms with E-state index in [2.05, 4.69) is 15.3 Å². The molecule has 2 aromatic heterocycles. The van der Waals surface area contributed by atoms with Crippen molar-refractivity contribution in [1.29, 1.82) is 0 Å². The van der Waals surface area contributed by atoms with Crippen LogP contribution in [-0.2, 0) is 19.4 Å². The van der Waals surface area contributed by atoms with Gasteiger partial charge in [-0.2, -0.15) is 0 Å². The predicted molar refractivity (Wildman–Crippen MR) is 94.8 cm³/mol. The van der Waals surface area contributed by atoms with Gasteiger partial charge in [-0.1, -0.05) is 12.1 Å². The van der Waals surface area contributed by atoms with E-state index in [1.165, 1.54) is 22.4 Å².